The Labute approximate surface area is 154 Å². The van der Waals surface area contributed by atoms with Crippen molar-refractivity contribution in [3.05, 3.63) is 63.2 Å². The van der Waals surface area contributed by atoms with Crippen LogP contribution in [-0.4, -0.2) is 31.1 Å². The smallest absolute Gasteiger partial charge is 0.284 e. The molecule has 2 aromatic carbocycles. The molecule has 0 spiro atoms. The van der Waals surface area contributed by atoms with Crippen molar-refractivity contribution >= 4 is 35.0 Å². The summed E-state index contributed by atoms with van der Waals surface area (Å²) in [7, 11) is 1.58. The van der Waals surface area contributed by atoms with E-state index in [4.69, 9.17) is 16.3 Å². The number of nitro groups is 1. The van der Waals surface area contributed by atoms with Gasteiger partial charge in [-0.2, -0.15) is 0 Å². The van der Waals surface area contributed by atoms with E-state index in [1.54, 1.807) is 37.4 Å². The van der Waals surface area contributed by atoms with Crippen molar-refractivity contribution in [2.24, 2.45) is 0 Å². The van der Waals surface area contributed by atoms with E-state index in [0.29, 0.717) is 34.4 Å². The highest BCUT2D eigenvalue weighted by Crippen LogP contribution is 2.38. The van der Waals surface area contributed by atoms with E-state index in [-0.39, 0.29) is 17.2 Å². The monoisotopic (exact) mass is 380 g/mol. The number of nitro benzene ring substituents is 1. The first-order valence-corrected chi connectivity index (χ1v) is 8.70. The molecule has 0 aliphatic carbocycles. The largest absolute Gasteiger partial charge is 0.385 e. The first-order valence-electron chi connectivity index (χ1n) is 7.51. The molecule has 0 bridgehead atoms. The molecule has 0 fully saturated rings. The topological polar surface area (TPSA) is 81.5 Å². The summed E-state index contributed by atoms with van der Waals surface area (Å²) in [5.74, 6) is -0.353. The lowest BCUT2D eigenvalue weighted by Gasteiger charge is -2.08. The van der Waals surface area contributed by atoms with Gasteiger partial charge in [0.2, 0.25) is 0 Å². The summed E-state index contributed by atoms with van der Waals surface area (Å²) in [6, 6.07) is 11.5. The Balaban J connectivity index is 2.18. The fourth-order valence-corrected chi connectivity index (χ4v) is 3.23. The fraction of sp³-hybridized carbons (Fsp3) is 0.235. The molecule has 0 unspecified atom stereocenters. The molecule has 0 aliphatic heterocycles. The zero-order chi connectivity index (χ0) is 18.2. The van der Waals surface area contributed by atoms with Crippen LogP contribution < -0.4 is 5.32 Å². The number of methoxy groups -OCH3 is 1. The second-order valence-corrected chi connectivity index (χ2v) is 6.57. The van der Waals surface area contributed by atoms with Crippen LogP contribution in [0.1, 0.15) is 16.8 Å². The third kappa shape index (κ3) is 5.45. The van der Waals surface area contributed by atoms with E-state index in [1.165, 1.54) is 17.8 Å². The number of carbonyl (C=O) groups is 1. The van der Waals surface area contributed by atoms with Crippen molar-refractivity contribution < 1.29 is 14.5 Å². The van der Waals surface area contributed by atoms with Gasteiger partial charge in [0.05, 0.1) is 14.8 Å². The number of carbonyl (C=O) groups excluding carboxylic acids is 1. The maximum atomic E-state index is 12.1. The number of amides is 1. The highest BCUT2D eigenvalue weighted by atomic mass is 35.5. The van der Waals surface area contributed by atoms with Crippen molar-refractivity contribution in [1.29, 1.82) is 0 Å². The number of rotatable bonds is 8. The van der Waals surface area contributed by atoms with Crippen LogP contribution in [0.2, 0.25) is 5.02 Å². The molecule has 0 atom stereocenters. The molecule has 132 valence electrons. The lowest BCUT2D eigenvalue weighted by atomic mass is 10.2. The maximum Gasteiger partial charge on any atom is 0.284 e. The van der Waals surface area contributed by atoms with Gasteiger partial charge in [-0.05, 0) is 30.7 Å². The minimum absolute atomic E-state index is 0.130. The third-order valence-corrected chi connectivity index (χ3v) is 4.87. The van der Waals surface area contributed by atoms with Gasteiger partial charge in [-0.1, -0.05) is 35.5 Å². The molecule has 25 heavy (non-hydrogen) atoms. The van der Waals surface area contributed by atoms with Crippen LogP contribution in [0, 0.1) is 10.1 Å². The van der Waals surface area contributed by atoms with Gasteiger partial charge in [-0.25, -0.2) is 0 Å². The van der Waals surface area contributed by atoms with E-state index >= 15 is 0 Å². The molecule has 0 aromatic heterocycles. The number of nitrogens with one attached hydrogen (secondary N) is 1. The molecule has 0 saturated heterocycles. The Morgan fingerprint density at radius 2 is 2.04 bits per heavy atom. The Kier molecular flexibility index (Phi) is 7.24. The van der Waals surface area contributed by atoms with Gasteiger partial charge in [0.25, 0.3) is 11.6 Å². The van der Waals surface area contributed by atoms with E-state index in [0.717, 1.165) is 0 Å². The number of ether oxygens (including phenoxy) is 1. The molecule has 0 radical (unpaired) electrons. The number of benzene rings is 2. The second-order valence-electron chi connectivity index (χ2n) is 5.07. The molecule has 8 heteroatoms. The molecule has 0 saturated carbocycles. The molecular weight excluding hydrogens is 364 g/mol. The summed E-state index contributed by atoms with van der Waals surface area (Å²) < 4.78 is 4.91. The van der Waals surface area contributed by atoms with Crippen molar-refractivity contribution in [3.63, 3.8) is 0 Å². The van der Waals surface area contributed by atoms with E-state index in [1.807, 2.05) is 6.07 Å². The van der Waals surface area contributed by atoms with Gasteiger partial charge in [-0.15, -0.1) is 0 Å². The molecule has 1 amide bonds. The molecule has 0 heterocycles. The number of halogens is 1. The highest BCUT2D eigenvalue weighted by molar-refractivity contribution is 7.99. The van der Waals surface area contributed by atoms with Crippen LogP contribution >= 0.6 is 23.4 Å². The van der Waals surface area contributed by atoms with Crippen molar-refractivity contribution in [1.82, 2.24) is 5.32 Å². The van der Waals surface area contributed by atoms with Crippen LogP contribution in [0.3, 0.4) is 0 Å². The van der Waals surface area contributed by atoms with Crippen molar-refractivity contribution in [2.75, 3.05) is 20.3 Å². The van der Waals surface area contributed by atoms with E-state index in [2.05, 4.69) is 5.32 Å². The molecule has 2 rings (SSSR count). The molecule has 2 aromatic rings. The van der Waals surface area contributed by atoms with Crippen LogP contribution in [0.25, 0.3) is 0 Å². The zero-order valence-corrected chi connectivity index (χ0v) is 15.1. The standard InChI is InChI=1S/C17H17ClN2O4S/c1-24-10-4-9-19-17(21)12-7-8-16(14(11-12)20(22)23)25-15-6-3-2-5-13(15)18/h2-3,5-8,11H,4,9-10H2,1H3,(H,19,21). The van der Waals surface area contributed by atoms with E-state index in [9.17, 15) is 14.9 Å². The second kappa shape index (κ2) is 9.41. The van der Waals surface area contributed by atoms with E-state index < -0.39 is 4.92 Å². The lowest BCUT2D eigenvalue weighted by molar-refractivity contribution is -0.387. The number of hydrogen-bond donors (Lipinski definition) is 1. The van der Waals surface area contributed by atoms with Crippen LogP contribution in [0.4, 0.5) is 5.69 Å². The average molecular weight is 381 g/mol. The zero-order valence-electron chi connectivity index (χ0n) is 13.5. The van der Waals surface area contributed by atoms with Gasteiger partial charge < -0.3 is 10.1 Å². The van der Waals surface area contributed by atoms with Gasteiger partial charge >= 0.3 is 0 Å². The van der Waals surface area contributed by atoms with Gasteiger partial charge in [0, 0.05) is 36.8 Å². The normalized spacial score (nSPS) is 10.5. The molecular formula is C17H17ClN2O4S. The Bertz CT molecular complexity index is 770. The maximum absolute atomic E-state index is 12.1. The van der Waals surface area contributed by atoms with Gasteiger partial charge in [0.15, 0.2) is 0 Å². The Morgan fingerprint density at radius 1 is 1.28 bits per heavy atom. The minimum Gasteiger partial charge on any atom is -0.385 e. The van der Waals surface area contributed by atoms with Crippen LogP contribution in [-0.2, 0) is 4.74 Å². The average Bonchev–Trinajstić information content (AvgIpc) is 2.60. The quantitative estimate of drug-likeness (QED) is 0.422. The highest BCUT2D eigenvalue weighted by Gasteiger charge is 2.19. The summed E-state index contributed by atoms with van der Waals surface area (Å²) in [5.41, 5.74) is 0.113. The summed E-state index contributed by atoms with van der Waals surface area (Å²) in [5, 5.41) is 14.6. The first-order chi connectivity index (χ1) is 12.0. The molecule has 0 aliphatic rings. The Hall–Kier alpha value is -2.09. The summed E-state index contributed by atoms with van der Waals surface area (Å²) in [6.07, 6.45) is 0.671. The summed E-state index contributed by atoms with van der Waals surface area (Å²) >= 11 is 7.30. The SMILES string of the molecule is COCCCNC(=O)c1ccc(Sc2ccccc2Cl)c([N+](=O)[O-])c1. The summed E-state index contributed by atoms with van der Waals surface area (Å²) in [6.45, 7) is 0.977. The molecule has 1 N–H and O–H groups in total. The fourth-order valence-electron chi connectivity index (χ4n) is 2.05. The van der Waals surface area contributed by atoms with Crippen LogP contribution in [0.15, 0.2) is 52.3 Å². The van der Waals surface area contributed by atoms with Crippen LogP contribution in [0.5, 0.6) is 0 Å². The van der Waals surface area contributed by atoms with Gasteiger partial charge in [0.1, 0.15) is 0 Å². The predicted molar refractivity (Wildman–Crippen MR) is 97.5 cm³/mol. The lowest BCUT2D eigenvalue weighted by Crippen LogP contribution is -2.25. The minimum atomic E-state index is -0.499. The Morgan fingerprint density at radius 3 is 2.72 bits per heavy atom. The van der Waals surface area contributed by atoms with Crippen molar-refractivity contribution in [3.8, 4) is 0 Å². The van der Waals surface area contributed by atoms with Crippen molar-refractivity contribution in [2.45, 2.75) is 16.2 Å². The van der Waals surface area contributed by atoms with Gasteiger partial charge in [-0.3, -0.25) is 14.9 Å². The first kappa shape index (κ1) is 19.2. The third-order valence-electron chi connectivity index (χ3n) is 3.29. The summed E-state index contributed by atoms with van der Waals surface area (Å²) in [4.78, 5) is 24.1. The predicted octanol–water partition coefficient (Wildman–Crippen LogP) is 4.17. The number of nitrogens with zero attached hydrogens (tertiary/aromatic N) is 1. The molecule has 6 nitrogen and oxygen atoms in total. The number of hydrogen-bond acceptors (Lipinski definition) is 5.